The van der Waals surface area contributed by atoms with E-state index in [0.29, 0.717) is 6.54 Å². The Morgan fingerprint density at radius 3 is 2.62 bits per heavy atom. The van der Waals surface area contributed by atoms with Crippen molar-refractivity contribution in [2.75, 3.05) is 25.0 Å². The van der Waals surface area contributed by atoms with Crippen LogP contribution in [0, 0.1) is 11.3 Å². The molecule has 2 heterocycles. The minimum Gasteiger partial charge on any atom is -0.366 e. The summed E-state index contributed by atoms with van der Waals surface area (Å²) < 4.78 is 37.6. The first-order valence-electron chi connectivity index (χ1n) is 6.48. The molecule has 0 radical (unpaired) electrons. The molecule has 0 bridgehead atoms. The van der Waals surface area contributed by atoms with Crippen LogP contribution >= 0.6 is 11.6 Å². The number of anilines is 1. The zero-order chi connectivity index (χ0) is 15.5. The maximum Gasteiger partial charge on any atom is 0.417 e. The predicted molar refractivity (Wildman–Crippen MR) is 72.9 cm³/mol. The van der Waals surface area contributed by atoms with Crippen LogP contribution in [0.2, 0.25) is 5.02 Å². The van der Waals surface area contributed by atoms with Gasteiger partial charge in [0.2, 0.25) is 0 Å². The number of halogens is 4. The van der Waals surface area contributed by atoms with Crippen LogP contribution in [-0.4, -0.2) is 35.6 Å². The van der Waals surface area contributed by atoms with Gasteiger partial charge in [-0.1, -0.05) is 11.6 Å². The normalized spacial score (nSPS) is 17.5. The number of aromatic nitrogens is 1. The molecule has 1 N–H and O–H groups in total. The Morgan fingerprint density at radius 2 is 2.10 bits per heavy atom. The van der Waals surface area contributed by atoms with E-state index in [0.717, 1.165) is 38.2 Å². The van der Waals surface area contributed by atoms with Crippen molar-refractivity contribution in [3.8, 4) is 6.07 Å². The highest BCUT2D eigenvalue weighted by Gasteiger charge is 2.31. The average Bonchev–Trinajstić information content (AvgIpc) is 2.42. The van der Waals surface area contributed by atoms with Crippen LogP contribution in [0.1, 0.15) is 18.4 Å². The van der Waals surface area contributed by atoms with Crippen molar-refractivity contribution in [2.24, 2.45) is 0 Å². The summed E-state index contributed by atoms with van der Waals surface area (Å²) in [6, 6.07) is 3.07. The summed E-state index contributed by atoms with van der Waals surface area (Å²) in [6.07, 6.45) is -2.09. The van der Waals surface area contributed by atoms with E-state index in [2.05, 4.69) is 16.4 Å². The van der Waals surface area contributed by atoms with Crippen molar-refractivity contribution in [1.29, 1.82) is 5.26 Å². The summed E-state index contributed by atoms with van der Waals surface area (Å²) in [6.45, 7) is 1.93. The molecular weight excluding hydrogens is 305 g/mol. The topological polar surface area (TPSA) is 52.0 Å². The standard InChI is InChI=1S/C13H14ClF3N4/c14-11-7-9(13(15,16)17)8-19-12(11)20-10-1-4-21(5-2-10)6-3-18/h7-8,10H,1-2,4-6H2,(H,19,20). The molecule has 0 amide bonds. The molecule has 1 aliphatic heterocycles. The molecule has 1 aromatic rings. The second kappa shape index (κ2) is 6.50. The lowest BCUT2D eigenvalue weighted by Crippen LogP contribution is -2.39. The first kappa shape index (κ1) is 15.9. The zero-order valence-electron chi connectivity index (χ0n) is 11.1. The first-order valence-corrected chi connectivity index (χ1v) is 6.86. The Labute approximate surface area is 125 Å². The molecule has 0 unspecified atom stereocenters. The molecule has 8 heteroatoms. The maximum atomic E-state index is 12.5. The van der Waals surface area contributed by atoms with E-state index < -0.39 is 11.7 Å². The highest BCUT2D eigenvalue weighted by atomic mass is 35.5. The van der Waals surface area contributed by atoms with Crippen molar-refractivity contribution in [2.45, 2.75) is 25.1 Å². The van der Waals surface area contributed by atoms with Crippen LogP contribution in [-0.2, 0) is 6.18 Å². The van der Waals surface area contributed by atoms with Gasteiger partial charge < -0.3 is 5.32 Å². The Balaban J connectivity index is 1.97. The summed E-state index contributed by atoms with van der Waals surface area (Å²) in [5.74, 6) is 0.267. The Bertz CT molecular complexity index is 533. The van der Waals surface area contributed by atoms with Gasteiger partial charge in [-0.25, -0.2) is 4.98 Å². The second-order valence-electron chi connectivity index (χ2n) is 4.91. The van der Waals surface area contributed by atoms with Crippen LogP contribution in [0.15, 0.2) is 12.3 Å². The highest BCUT2D eigenvalue weighted by Crippen LogP contribution is 2.32. The summed E-state index contributed by atoms with van der Waals surface area (Å²) in [5.41, 5.74) is -0.859. The molecular formula is C13H14ClF3N4. The third-order valence-corrected chi connectivity index (χ3v) is 3.68. The molecule has 1 fully saturated rings. The van der Waals surface area contributed by atoms with Crippen molar-refractivity contribution in [1.82, 2.24) is 9.88 Å². The lowest BCUT2D eigenvalue weighted by atomic mass is 10.1. The molecule has 0 aliphatic carbocycles. The number of nitrogens with zero attached hydrogens (tertiary/aromatic N) is 3. The second-order valence-corrected chi connectivity index (χ2v) is 5.31. The molecule has 0 aromatic carbocycles. The van der Waals surface area contributed by atoms with Gasteiger partial charge in [-0.05, 0) is 18.9 Å². The molecule has 0 saturated carbocycles. The molecule has 0 spiro atoms. The van der Waals surface area contributed by atoms with Crippen LogP contribution in [0.4, 0.5) is 19.0 Å². The molecule has 2 rings (SSSR count). The van der Waals surface area contributed by atoms with Crippen LogP contribution < -0.4 is 5.32 Å². The summed E-state index contributed by atoms with van der Waals surface area (Å²) >= 11 is 5.85. The van der Waals surface area contributed by atoms with Crippen molar-refractivity contribution in [3.05, 3.63) is 22.8 Å². The number of pyridine rings is 1. The van der Waals surface area contributed by atoms with Crippen LogP contribution in [0.3, 0.4) is 0 Å². The van der Waals surface area contributed by atoms with Crippen molar-refractivity contribution >= 4 is 17.4 Å². The number of alkyl halides is 3. The van der Waals surface area contributed by atoms with Gasteiger partial charge in [0.05, 0.1) is 23.2 Å². The van der Waals surface area contributed by atoms with Gasteiger partial charge in [0.1, 0.15) is 5.82 Å². The number of nitriles is 1. The van der Waals surface area contributed by atoms with Gasteiger partial charge in [0.25, 0.3) is 0 Å². The fourth-order valence-corrected chi connectivity index (χ4v) is 2.45. The van der Waals surface area contributed by atoms with E-state index in [4.69, 9.17) is 16.9 Å². The monoisotopic (exact) mass is 318 g/mol. The fraction of sp³-hybridized carbons (Fsp3) is 0.538. The lowest BCUT2D eigenvalue weighted by Gasteiger charge is -2.31. The third kappa shape index (κ3) is 4.22. The number of nitrogens with one attached hydrogen (secondary N) is 1. The smallest absolute Gasteiger partial charge is 0.366 e. The molecule has 0 atom stereocenters. The van der Waals surface area contributed by atoms with Gasteiger partial charge in [-0.15, -0.1) is 0 Å². The largest absolute Gasteiger partial charge is 0.417 e. The fourth-order valence-electron chi connectivity index (χ4n) is 2.23. The van der Waals surface area contributed by atoms with Gasteiger partial charge >= 0.3 is 6.18 Å². The van der Waals surface area contributed by atoms with Gasteiger partial charge in [-0.2, -0.15) is 18.4 Å². The number of hydrogen-bond acceptors (Lipinski definition) is 4. The number of piperidine rings is 1. The molecule has 1 aromatic heterocycles. The quantitative estimate of drug-likeness (QED) is 0.870. The van der Waals surface area contributed by atoms with E-state index in [1.54, 1.807) is 0 Å². The Hall–Kier alpha value is -1.52. The minimum absolute atomic E-state index is 0.0377. The molecule has 114 valence electrons. The molecule has 1 aliphatic rings. The SMILES string of the molecule is N#CCN1CCC(Nc2ncc(C(F)(F)F)cc2Cl)CC1. The number of rotatable bonds is 3. The Morgan fingerprint density at radius 1 is 1.43 bits per heavy atom. The van der Waals surface area contributed by atoms with Crippen LogP contribution in [0.25, 0.3) is 0 Å². The summed E-state index contributed by atoms with van der Waals surface area (Å²) in [5, 5.41) is 11.7. The maximum absolute atomic E-state index is 12.5. The minimum atomic E-state index is -4.45. The van der Waals surface area contributed by atoms with Gasteiger partial charge in [0, 0.05) is 25.3 Å². The Kier molecular flexibility index (Phi) is 4.91. The van der Waals surface area contributed by atoms with Crippen LogP contribution in [0.5, 0.6) is 0 Å². The number of hydrogen-bond donors (Lipinski definition) is 1. The van der Waals surface area contributed by atoms with Gasteiger partial charge in [0.15, 0.2) is 0 Å². The van der Waals surface area contributed by atoms with Crippen molar-refractivity contribution in [3.63, 3.8) is 0 Å². The van der Waals surface area contributed by atoms with Crippen molar-refractivity contribution < 1.29 is 13.2 Å². The van der Waals surface area contributed by atoms with E-state index in [1.807, 2.05) is 4.90 Å². The number of likely N-dealkylation sites (tertiary alicyclic amines) is 1. The molecule has 1 saturated heterocycles. The first-order chi connectivity index (χ1) is 9.90. The zero-order valence-corrected chi connectivity index (χ0v) is 11.9. The van der Waals surface area contributed by atoms with E-state index >= 15 is 0 Å². The van der Waals surface area contributed by atoms with E-state index in [-0.39, 0.29) is 16.9 Å². The van der Waals surface area contributed by atoms with Gasteiger partial charge in [-0.3, -0.25) is 4.90 Å². The molecule has 21 heavy (non-hydrogen) atoms. The van der Waals surface area contributed by atoms with E-state index in [9.17, 15) is 13.2 Å². The lowest BCUT2D eigenvalue weighted by molar-refractivity contribution is -0.137. The highest BCUT2D eigenvalue weighted by molar-refractivity contribution is 6.33. The molecule has 4 nitrogen and oxygen atoms in total. The predicted octanol–water partition coefficient (Wildman–Crippen LogP) is 3.15. The summed E-state index contributed by atoms with van der Waals surface area (Å²) in [7, 11) is 0. The average molecular weight is 319 g/mol. The van der Waals surface area contributed by atoms with E-state index in [1.165, 1.54) is 0 Å². The summed E-state index contributed by atoms with van der Waals surface area (Å²) in [4.78, 5) is 5.79. The third-order valence-electron chi connectivity index (χ3n) is 3.39.